The summed E-state index contributed by atoms with van der Waals surface area (Å²) in [4.78, 5) is 4.94. The lowest BCUT2D eigenvalue weighted by Gasteiger charge is -2.36. The van der Waals surface area contributed by atoms with Gasteiger partial charge in [-0.05, 0) is 19.4 Å². The van der Waals surface area contributed by atoms with E-state index >= 15 is 0 Å². The highest BCUT2D eigenvalue weighted by Gasteiger charge is 2.22. The summed E-state index contributed by atoms with van der Waals surface area (Å²) in [6, 6.07) is 2.61. The van der Waals surface area contributed by atoms with Gasteiger partial charge < -0.3 is 4.90 Å². The van der Waals surface area contributed by atoms with Crippen LogP contribution >= 0.6 is 0 Å². The number of hydrogen-bond donors (Lipinski definition) is 0. The van der Waals surface area contributed by atoms with Crippen molar-refractivity contribution in [1.29, 1.82) is 5.26 Å². The van der Waals surface area contributed by atoms with Crippen LogP contribution in [0.3, 0.4) is 0 Å². The summed E-state index contributed by atoms with van der Waals surface area (Å²) in [5.41, 5.74) is 0. The van der Waals surface area contributed by atoms with E-state index in [-0.39, 0.29) is 6.04 Å². The third-order valence-electron chi connectivity index (χ3n) is 4.14. The van der Waals surface area contributed by atoms with E-state index in [9.17, 15) is 5.26 Å². The van der Waals surface area contributed by atoms with Crippen molar-refractivity contribution in [3.05, 3.63) is 0 Å². The van der Waals surface area contributed by atoms with Crippen LogP contribution in [-0.4, -0.2) is 48.6 Å². The van der Waals surface area contributed by atoms with Crippen molar-refractivity contribution in [2.45, 2.75) is 64.8 Å². The smallest absolute Gasteiger partial charge is 0.0978 e. The quantitative estimate of drug-likeness (QED) is 0.599. The molecule has 110 valence electrons. The molecule has 19 heavy (non-hydrogen) atoms. The largest absolute Gasteiger partial charge is 0.301 e. The lowest BCUT2D eigenvalue weighted by molar-refractivity contribution is 0.109. The van der Waals surface area contributed by atoms with E-state index in [0.717, 1.165) is 39.0 Å². The molecular formula is C16H31N3. The molecule has 1 unspecified atom stereocenters. The lowest BCUT2D eigenvalue weighted by Crippen LogP contribution is -2.50. The number of piperazine rings is 1. The Hall–Kier alpha value is -0.590. The lowest BCUT2D eigenvalue weighted by atomic mass is 10.1. The van der Waals surface area contributed by atoms with E-state index in [1.54, 1.807) is 0 Å². The van der Waals surface area contributed by atoms with Gasteiger partial charge in [-0.1, -0.05) is 46.0 Å². The minimum atomic E-state index is 0.150. The summed E-state index contributed by atoms with van der Waals surface area (Å²) in [6.45, 7) is 10.1. The van der Waals surface area contributed by atoms with E-state index < -0.39 is 0 Å². The molecule has 0 amide bonds. The first-order chi connectivity index (χ1) is 9.31. The van der Waals surface area contributed by atoms with Crippen LogP contribution < -0.4 is 0 Å². The maximum Gasteiger partial charge on any atom is 0.0978 e. The molecule has 0 radical (unpaired) electrons. The van der Waals surface area contributed by atoms with Gasteiger partial charge in [0.25, 0.3) is 0 Å². The highest BCUT2D eigenvalue weighted by molar-refractivity contribution is 4.93. The molecule has 0 saturated carbocycles. The maximum atomic E-state index is 9.19. The van der Waals surface area contributed by atoms with Gasteiger partial charge in [-0.2, -0.15) is 5.26 Å². The van der Waals surface area contributed by atoms with Crippen LogP contribution in [0, 0.1) is 11.3 Å². The van der Waals surface area contributed by atoms with E-state index in [1.165, 1.54) is 38.6 Å². The molecule has 1 aliphatic rings. The Morgan fingerprint density at radius 2 is 1.63 bits per heavy atom. The van der Waals surface area contributed by atoms with Crippen molar-refractivity contribution in [3.63, 3.8) is 0 Å². The highest BCUT2D eigenvalue weighted by Crippen LogP contribution is 2.11. The molecule has 0 spiro atoms. The Labute approximate surface area is 119 Å². The monoisotopic (exact) mass is 265 g/mol. The van der Waals surface area contributed by atoms with Gasteiger partial charge in [-0.25, -0.2) is 0 Å². The number of nitriles is 1. The summed E-state index contributed by atoms with van der Waals surface area (Å²) >= 11 is 0. The fraction of sp³-hybridized carbons (Fsp3) is 0.938. The zero-order valence-corrected chi connectivity index (χ0v) is 12.9. The average molecular weight is 265 g/mol. The first kappa shape index (κ1) is 16.5. The van der Waals surface area contributed by atoms with Crippen molar-refractivity contribution in [3.8, 4) is 6.07 Å². The van der Waals surface area contributed by atoms with Crippen molar-refractivity contribution in [2.75, 3.05) is 32.7 Å². The number of nitrogens with zero attached hydrogens (tertiary/aromatic N) is 3. The van der Waals surface area contributed by atoms with Crippen molar-refractivity contribution in [1.82, 2.24) is 9.80 Å². The van der Waals surface area contributed by atoms with Gasteiger partial charge in [0.2, 0.25) is 0 Å². The molecule has 0 bridgehead atoms. The molecule has 3 nitrogen and oxygen atoms in total. The topological polar surface area (TPSA) is 30.3 Å². The molecule has 0 aromatic carbocycles. The molecular weight excluding hydrogens is 234 g/mol. The molecule has 1 fully saturated rings. The third kappa shape index (κ3) is 6.40. The molecule has 3 heteroatoms. The summed E-state index contributed by atoms with van der Waals surface area (Å²) in [5.74, 6) is 0. The first-order valence-electron chi connectivity index (χ1n) is 8.17. The van der Waals surface area contributed by atoms with Crippen molar-refractivity contribution < 1.29 is 0 Å². The van der Waals surface area contributed by atoms with Crippen LogP contribution in [0.2, 0.25) is 0 Å². The molecule has 0 aromatic rings. The fourth-order valence-corrected chi connectivity index (χ4v) is 2.84. The maximum absolute atomic E-state index is 9.19. The second-order valence-electron chi connectivity index (χ2n) is 5.73. The van der Waals surface area contributed by atoms with Gasteiger partial charge in [0.15, 0.2) is 0 Å². The van der Waals surface area contributed by atoms with Crippen LogP contribution in [0.25, 0.3) is 0 Å². The predicted octanol–water partition coefficient (Wildman–Crippen LogP) is 3.27. The average Bonchev–Trinajstić information content (AvgIpc) is 2.45. The number of rotatable bonds is 9. The molecule has 1 atom stereocenters. The van der Waals surface area contributed by atoms with E-state index in [1.807, 2.05) is 0 Å². The summed E-state index contributed by atoms with van der Waals surface area (Å²) < 4.78 is 0. The SMILES string of the molecule is CCCCCCCN1CCN(C(C#N)CCC)CC1. The molecule has 0 N–H and O–H groups in total. The molecule has 1 aliphatic heterocycles. The van der Waals surface area contributed by atoms with Crippen LogP contribution in [0.1, 0.15) is 58.8 Å². The van der Waals surface area contributed by atoms with Gasteiger partial charge in [0.1, 0.15) is 0 Å². The van der Waals surface area contributed by atoms with Gasteiger partial charge in [0, 0.05) is 26.2 Å². The van der Waals surface area contributed by atoms with Gasteiger partial charge >= 0.3 is 0 Å². The molecule has 0 aliphatic carbocycles. The van der Waals surface area contributed by atoms with Gasteiger partial charge in [-0.3, -0.25) is 4.90 Å². The Bertz CT molecular complexity index is 251. The van der Waals surface area contributed by atoms with E-state index in [2.05, 4.69) is 29.7 Å². The third-order valence-corrected chi connectivity index (χ3v) is 4.14. The van der Waals surface area contributed by atoms with Crippen LogP contribution in [0.5, 0.6) is 0 Å². The summed E-state index contributed by atoms with van der Waals surface area (Å²) in [5, 5.41) is 9.19. The highest BCUT2D eigenvalue weighted by atomic mass is 15.3. The second kappa shape index (κ2) is 10.2. The predicted molar refractivity (Wildman–Crippen MR) is 81.1 cm³/mol. The number of unbranched alkanes of at least 4 members (excludes halogenated alkanes) is 4. The van der Waals surface area contributed by atoms with Gasteiger partial charge in [-0.15, -0.1) is 0 Å². The van der Waals surface area contributed by atoms with Crippen molar-refractivity contribution >= 4 is 0 Å². The van der Waals surface area contributed by atoms with E-state index in [0.29, 0.717) is 0 Å². The Balaban J connectivity index is 2.13. The first-order valence-corrected chi connectivity index (χ1v) is 8.17. The molecule has 1 saturated heterocycles. The van der Waals surface area contributed by atoms with Crippen LogP contribution in [-0.2, 0) is 0 Å². The van der Waals surface area contributed by atoms with E-state index in [4.69, 9.17) is 0 Å². The minimum Gasteiger partial charge on any atom is -0.301 e. The van der Waals surface area contributed by atoms with Crippen molar-refractivity contribution in [2.24, 2.45) is 0 Å². The Morgan fingerprint density at radius 1 is 0.947 bits per heavy atom. The standard InChI is InChI=1S/C16H31N3/c1-3-5-6-7-8-10-18-11-13-19(14-12-18)16(15-17)9-4-2/h16H,3-14H2,1-2H3. The Kier molecular flexibility index (Phi) is 8.86. The summed E-state index contributed by atoms with van der Waals surface area (Å²) in [6.07, 6.45) is 8.95. The molecule has 1 rings (SSSR count). The fourth-order valence-electron chi connectivity index (χ4n) is 2.84. The zero-order valence-electron chi connectivity index (χ0n) is 12.9. The van der Waals surface area contributed by atoms with Gasteiger partial charge in [0.05, 0.1) is 12.1 Å². The second-order valence-corrected chi connectivity index (χ2v) is 5.73. The zero-order chi connectivity index (χ0) is 13.9. The number of hydrogen-bond acceptors (Lipinski definition) is 3. The summed E-state index contributed by atoms with van der Waals surface area (Å²) in [7, 11) is 0. The molecule has 1 heterocycles. The molecule has 0 aromatic heterocycles. The van der Waals surface area contributed by atoms with Crippen LogP contribution in [0.4, 0.5) is 0 Å². The van der Waals surface area contributed by atoms with Crippen LogP contribution in [0.15, 0.2) is 0 Å². The minimum absolute atomic E-state index is 0.150. The normalized spacial score (nSPS) is 19.2. The Morgan fingerprint density at radius 3 is 2.21 bits per heavy atom.